The van der Waals surface area contributed by atoms with Gasteiger partial charge in [0.2, 0.25) is 0 Å². The molecule has 1 aliphatic carbocycles. The molecule has 0 aromatic carbocycles. The number of urea groups is 1. The lowest BCUT2D eigenvalue weighted by molar-refractivity contribution is -0.139. The summed E-state index contributed by atoms with van der Waals surface area (Å²) in [6.07, 6.45) is 3.87. The Morgan fingerprint density at radius 1 is 1.38 bits per heavy atom. The van der Waals surface area contributed by atoms with Crippen molar-refractivity contribution in [3.05, 3.63) is 0 Å². The third-order valence-corrected chi connectivity index (χ3v) is 2.77. The Kier molecular flexibility index (Phi) is 4.58. The highest BCUT2D eigenvalue weighted by Crippen LogP contribution is 2.33. The minimum atomic E-state index is -0.993. The van der Waals surface area contributed by atoms with Gasteiger partial charge in [-0.1, -0.05) is 19.8 Å². The van der Waals surface area contributed by atoms with Crippen LogP contribution in [0.4, 0.5) is 4.79 Å². The fourth-order valence-corrected chi connectivity index (χ4v) is 1.67. The molecule has 1 unspecified atom stereocenters. The van der Waals surface area contributed by atoms with Gasteiger partial charge < -0.3 is 15.7 Å². The number of carbonyl (C=O) groups excluding carboxylic acids is 1. The van der Waals surface area contributed by atoms with E-state index in [1.165, 1.54) is 12.8 Å². The summed E-state index contributed by atoms with van der Waals surface area (Å²) < 4.78 is 0. The predicted octanol–water partition coefficient (Wildman–Crippen LogP) is 1.34. The fourth-order valence-electron chi connectivity index (χ4n) is 1.67. The molecule has 0 aromatic heterocycles. The highest BCUT2D eigenvalue weighted by Gasteiger charge is 2.25. The molecule has 0 heterocycles. The molecule has 0 saturated heterocycles. The van der Waals surface area contributed by atoms with Crippen molar-refractivity contribution in [2.45, 2.75) is 51.6 Å². The van der Waals surface area contributed by atoms with Crippen molar-refractivity contribution < 1.29 is 14.7 Å². The van der Waals surface area contributed by atoms with Gasteiger partial charge in [-0.05, 0) is 25.7 Å². The summed E-state index contributed by atoms with van der Waals surface area (Å²) in [7, 11) is 0. The van der Waals surface area contributed by atoms with Crippen molar-refractivity contribution in [2.24, 2.45) is 5.92 Å². The number of carboxylic acid groups (broad SMARTS) is 1. The number of nitrogens with one attached hydrogen (secondary N) is 2. The summed E-state index contributed by atoms with van der Waals surface area (Å²) in [5.74, 6) is -0.246. The van der Waals surface area contributed by atoms with Crippen LogP contribution in [0.3, 0.4) is 0 Å². The standard InChI is InChI=1S/C11H20N2O3/c1-3-9(10(14)15)13-11(16)12-7(2)6-8-4-5-8/h7-9H,3-6H2,1-2H3,(H,14,15)(H2,12,13,16)/t7?,9-/m0/s1. The number of hydrogen-bond acceptors (Lipinski definition) is 2. The summed E-state index contributed by atoms with van der Waals surface area (Å²) in [4.78, 5) is 22.1. The van der Waals surface area contributed by atoms with Crippen LogP contribution in [0.15, 0.2) is 0 Å². The largest absolute Gasteiger partial charge is 0.480 e. The molecule has 16 heavy (non-hydrogen) atoms. The van der Waals surface area contributed by atoms with Gasteiger partial charge in [-0.3, -0.25) is 0 Å². The summed E-state index contributed by atoms with van der Waals surface area (Å²) >= 11 is 0. The molecule has 2 atom stereocenters. The Morgan fingerprint density at radius 2 is 2.00 bits per heavy atom. The first-order chi connectivity index (χ1) is 7.52. The molecule has 1 fully saturated rings. The Labute approximate surface area is 95.6 Å². The summed E-state index contributed by atoms with van der Waals surface area (Å²) in [6, 6.07) is -1.07. The highest BCUT2D eigenvalue weighted by molar-refractivity contribution is 5.82. The molecule has 1 rings (SSSR count). The van der Waals surface area contributed by atoms with E-state index in [9.17, 15) is 9.59 Å². The molecule has 0 aliphatic heterocycles. The lowest BCUT2D eigenvalue weighted by Crippen LogP contribution is -2.48. The maximum Gasteiger partial charge on any atom is 0.326 e. The van der Waals surface area contributed by atoms with Gasteiger partial charge in [0, 0.05) is 6.04 Å². The smallest absolute Gasteiger partial charge is 0.326 e. The van der Waals surface area contributed by atoms with E-state index in [0.29, 0.717) is 6.42 Å². The van der Waals surface area contributed by atoms with Crippen LogP contribution in [0.25, 0.3) is 0 Å². The van der Waals surface area contributed by atoms with Gasteiger partial charge in [-0.25, -0.2) is 9.59 Å². The average molecular weight is 228 g/mol. The quantitative estimate of drug-likeness (QED) is 0.642. The van der Waals surface area contributed by atoms with E-state index in [2.05, 4.69) is 10.6 Å². The third-order valence-electron chi connectivity index (χ3n) is 2.77. The van der Waals surface area contributed by atoms with Gasteiger partial charge in [0.25, 0.3) is 0 Å². The molecule has 0 bridgehead atoms. The molecule has 5 nitrogen and oxygen atoms in total. The van der Waals surface area contributed by atoms with Crippen LogP contribution in [0.1, 0.15) is 39.5 Å². The monoisotopic (exact) mass is 228 g/mol. The second-order valence-electron chi connectivity index (χ2n) is 4.50. The van der Waals surface area contributed by atoms with E-state index in [-0.39, 0.29) is 12.1 Å². The second-order valence-corrected chi connectivity index (χ2v) is 4.50. The maximum atomic E-state index is 11.4. The molecule has 0 radical (unpaired) electrons. The molecule has 3 N–H and O–H groups in total. The predicted molar refractivity (Wildman–Crippen MR) is 60.2 cm³/mol. The lowest BCUT2D eigenvalue weighted by Gasteiger charge is -2.17. The van der Waals surface area contributed by atoms with E-state index in [1.807, 2.05) is 6.92 Å². The van der Waals surface area contributed by atoms with Crippen molar-refractivity contribution in [3.63, 3.8) is 0 Å². The van der Waals surface area contributed by atoms with Crippen LogP contribution < -0.4 is 10.6 Å². The molecule has 5 heteroatoms. The number of rotatable bonds is 6. The van der Waals surface area contributed by atoms with E-state index < -0.39 is 12.0 Å². The van der Waals surface area contributed by atoms with Crippen LogP contribution in [-0.4, -0.2) is 29.2 Å². The SMILES string of the molecule is CC[C@H](NC(=O)NC(C)CC1CC1)C(=O)O. The zero-order chi connectivity index (χ0) is 12.1. The van der Waals surface area contributed by atoms with E-state index in [0.717, 1.165) is 12.3 Å². The first-order valence-corrected chi connectivity index (χ1v) is 5.82. The first kappa shape index (κ1) is 12.8. The lowest BCUT2D eigenvalue weighted by atomic mass is 10.1. The molecule has 0 aromatic rings. The number of amides is 2. The number of hydrogen-bond donors (Lipinski definition) is 3. The van der Waals surface area contributed by atoms with Gasteiger partial charge >= 0.3 is 12.0 Å². The van der Waals surface area contributed by atoms with Gasteiger partial charge in [0.05, 0.1) is 0 Å². The number of aliphatic carboxylic acids is 1. The average Bonchev–Trinajstić information content (AvgIpc) is 2.97. The normalized spacial score (nSPS) is 18.6. The number of carboxylic acids is 1. The van der Waals surface area contributed by atoms with E-state index in [4.69, 9.17) is 5.11 Å². The van der Waals surface area contributed by atoms with Crippen LogP contribution in [-0.2, 0) is 4.79 Å². The summed E-state index contributed by atoms with van der Waals surface area (Å²) in [5.41, 5.74) is 0. The minimum absolute atomic E-state index is 0.110. The Bertz CT molecular complexity index is 264. The Morgan fingerprint density at radius 3 is 2.44 bits per heavy atom. The van der Waals surface area contributed by atoms with Crippen molar-refractivity contribution in [3.8, 4) is 0 Å². The summed E-state index contributed by atoms with van der Waals surface area (Å²) in [6.45, 7) is 3.67. The Balaban J connectivity index is 2.24. The molecular weight excluding hydrogens is 208 g/mol. The van der Waals surface area contributed by atoms with Gasteiger partial charge in [-0.2, -0.15) is 0 Å². The van der Waals surface area contributed by atoms with Crippen LogP contribution in [0.2, 0.25) is 0 Å². The van der Waals surface area contributed by atoms with Gasteiger partial charge in [0.1, 0.15) is 6.04 Å². The van der Waals surface area contributed by atoms with Crippen molar-refractivity contribution in [1.82, 2.24) is 10.6 Å². The molecule has 1 saturated carbocycles. The topological polar surface area (TPSA) is 78.4 Å². The van der Waals surface area contributed by atoms with Crippen molar-refractivity contribution in [1.29, 1.82) is 0 Å². The van der Waals surface area contributed by atoms with Crippen LogP contribution >= 0.6 is 0 Å². The number of carbonyl (C=O) groups is 2. The zero-order valence-electron chi connectivity index (χ0n) is 9.82. The van der Waals surface area contributed by atoms with Gasteiger partial charge in [0.15, 0.2) is 0 Å². The zero-order valence-corrected chi connectivity index (χ0v) is 9.82. The first-order valence-electron chi connectivity index (χ1n) is 5.82. The minimum Gasteiger partial charge on any atom is -0.480 e. The van der Waals surface area contributed by atoms with Crippen LogP contribution in [0, 0.1) is 5.92 Å². The van der Waals surface area contributed by atoms with E-state index >= 15 is 0 Å². The molecular formula is C11H20N2O3. The van der Waals surface area contributed by atoms with Crippen LogP contribution in [0.5, 0.6) is 0 Å². The fraction of sp³-hybridized carbons (Fsp3) is 0.818. The van der Waals surface area contributed by atoms with Crippen molar-refractivity contribution >= 4 is 12.0 Å². The molecule has 92 valence electrons. The Hall–Kier alpha value is -1.26. The second kappa shape index (κ2) is 5.72. The van der Waals surface area contributed by atoms with Crippen molar-refractivity contribution in [2.75, 3.05) is 0 Å². The summed E-state index contributed by atoms with van der Waals surface area (Å²) in [5, 5.41) is 14.0. The maximum absolute atomic E-state index is 11.4. The highest BCUT2D eigenvalue weighted by atomic mass is 16.4. The molecule has 1 aliphatic rings. The molecule has 0 spiro atoms. The molecule has 2 amide bonds. The van der Waals surface area contributed by atoms with Gasteiger partial charge in [-0.15, -0.1) is 0 Å². The third kappa shape index (κ3) is 4.51. The van der Waals surface area contributed by atoms with E-state index in [1.54, 1.807) is 6.92 Å².